The molecule has 2 rings (SSSR count). The quantitative estimate of drug-likeness (QED) is 0.791. The highest BCUT2D eigenvalue weighted by atomic mass is 35.5. The first-order chi connectivity index (χ1) is 8.43. The summed E-state index contributed by atoms with van der Waals surface area (Å²) in [6, 6.07) is 7.79. The molecule has 0 aliphatic heterocycles. The van der Waals surface area contributed by atoms with Crippen LogP contribution in [-0.4, -0.2) is 11.6 Å². The number of nitrogens with zero attached hydrogens (tertiary/aromatic N) is 1. The second-order valence-electron chi connectivity index (χ2n) is 5.32. The molecule has 0 saturated heterocycles. The van der Waals surface area contributed by atoms with Crippen LogP contribution in [0.3, 0.4) is 0 Å². The first-order valence-corrected chi connectivity index (χ1v) is 6.54. The van der Waals surface area contributed by atoms with E-state index < -0.39 is 0 Å². The summed E-state index contributed by atoms with van der Waals surface area (Å²) in [6.45, 7) is 8.97. The SMILES string of the molecule is CCOc1cccc2c(Cl)cc(C(C)(C)C)nc12. The van der Waals surface area contributed by atoms with Crippen molar-refractivity contribution in [2.45, 2.75) is 33.1 Å². The standard InChI is InChI=1S/C15H18ClNO/c1-5-18-12-8-6-7-10-11(16)9-13(15(2,3)4)17-14(10)12/h6-9H,5H2,1-4H3. The lowest BCUT2D eigenvalue weighted by molar-refractivity contribution is 0.343. The lowest BCUT2D eigenvalue weighted by Crippen LogP contribution is -2.13. The Bertz CT molecular complexity index is 572. The summed E-state index contributed by atoms with van der Waals surface area (Å²) in [5, 5.41) is 1.67. The molecule has 1 aromatic heterocycles. The van der Waals surface area contributed by atoms with E-state index in [-0.39, 0.29) is 5.41 Å². The molecule has 96 valence electrons. The normalized spacial score (nSPS) is 11.8. The van der Waals surface area contributed by atoms with Gasteiger partial charge >= 0.3 is 0 Å². The molecule has 1 aromatic carbocycles. The minimum absolute atomic E-state index is 0.0306. The highest BCUT2D eigenvalue weighted by Crippen LogP contribution is 2.33. The van der Waals surface area contributed by atoms with E-state index in [1.807, 2.05) is 31.2 Å². The molecular formula is C15H18ClNO. The summed E-state index contributed by atoms with van der Waals surface area (Å²) in [6.07, 6.45) is 0. The van der Waals surface area contributed by atoms with Crippen LogP contribution in [0.5, 0.6) is 5.75 Å². The fourth-order valence-electron chi connectivity index (χ4n) is 1.84. The molecule has 18 heavy (non-hydrogen) atoms. The highest BCUT2D eigenvalue weighted by Gasteiger charge is 2.18. The molecule has 0 fully saturated rings. The van der Waals surface area contributed by atoms with E-state index in [0.29, 0.717) is 6.61 Å². The molecule has 2 nitrogen and oxygen atoms in total. The van der Waals surface area contributed by atoms with E-state index in [2.05, 4.69) is 20.8 Å². The smallest absolute Gasteiger partial charge is 0.145 e. The van der Waals surface area contributed by atoms with Crippen LogP contribution in [0.1, 0.15) is 33.4 Å². The van der Waals surface area contributed by atoms with E-state index in [0.717, 1.165) is 27.4 Å². The Kier molecular flexibility index (Phi) is 3.49. The van der Waals surface area contributed by atoms with Gasteiger partial charge in [0.15, 0.2) is 0 Å². The minimum Gasteiger partial charge on any atom is -0.492 e. The van der Waals surface area contributed by atoms with Gasteiger partial charge in [-0.05, 0) is 19.1 Å². The number of hydrogen-bond donors (Lipinski definition) is 0. The van der Waals surface area contributed by atoms with E-state index >= 15 is 0 Å². The number of benzene rings is 1. The summed E-state index contributed by atoms with van der Waals surface area (Å²) in [7, 11) is 0. The van der Waals surface area contributed by atoms with Crippen molar-refractivity contribution >= 4 is 22.5 Å². The number of ether oxygens (including phenoxy) is 1. The maximum absolute atomic E-state index is 6.34. The van der Waals surface area contributed by atoms with E-state index in [9.17, 15) is 0 Å². The lowest BCUT2D eigenvalue weighted by Gasteiger charge is -2.19. The number of para-hydroxylation sites is 1. The van der Waals surface area contributed by atoms with Gasteiger partial charge in [0.2, 0.25) is 0 Å². The molecule has 3 heteroatoms. The molecule has 1 heterocycles. The van der Waals surface area contributed by atoms with Crippen molar-refractivity contribution in [2.24, 2.45) is 0 Å². The average molecular weight is 264 g/mol. The van der Waals surface area contributed by atoms with Gasteiger partial charge < -0.3 is 4.74 Å². The third-order valence-corrected chi connectivity index (χ3v) is 3.13. The molecule has 2 aromatic rings. The van der Waals surface area contributed by atoms with E-state index in [4.69, 9.17) is 21.3 Å². The van der Waals surface area contributed by atoms with Crippen LogP contribution < -0.4 is 4.74 Å². The van der Waals surface area contributed by atoms with Crippen molar-refractivity contribution in [3.8, 4) is 5.75 Å². The van der Waals surface area contributed by atoms with E-state index in [1.54, 1.807) is 0 Å². The van der Waals surface area contributed by atoms with Crippen molar-refractivity contribution in [3.63, 3.8) is 0 Å². The Morgan fingerprint density at radius 1 is 1.28 bits per heavy atom. The average Bonchev–Trinajstić information content (AvgIpc) is 2.29. The number of aromatic nitrogens is 1. The van der Waals surface area contributed by atoms with Gasteiger partial charge in [0.05, 0.1) is 11.6 Å². The number of pyridine rings is 1. The van der Waals surface area contributed by atoms with Crippen LogP contribution in [0.2, 0.25) is 5.02 Å². The number of fused-ring (bicyclic) bond motifs is 1. The Hall–Kier alpha value is -1.28. The molecule has 0 spiro atoms. The van der Waals surface area contributed by atoms with Crippen molar-refractivity contribution in [2.75, 3.05) is 6.61 Å². The molecule has 0 amide bonds. The number of halogens is 1. The Morgan fingerprint density at radius 3 is 2.61 bits per heavy atom. The first-order valence-electron chi connectivity index (χ1n) is 6.16. The van der Waals surface area contributed by atoms with Gasteiger partial charge in [0.1, 0.15) is 11.3 Å². The predicted molar refractivity (Wildman–Crippen MR) is 76.6 cm³/mol. The third-order valence-electron chi connectivity index (χ3n) is 2.82. The second kappa shape index (κ2) is 4.77. The maximum Gasteiger partial charge on any atom is 0.145 e. The fraction of sp³-hybridized carbons (Fsp3) is 0.400. The van der Waals surface area contributed by atoms with Crippen LogP contribution in [0, 0.1) is 0 Å². The first kappa shape index (κ1) is 13.2. The Morgan fingerprint density at radius 2 is 2.00 bits per heavy atom. The van der Waals surface area contributed by atoms with Gasteiger partial charge in [-0.3, -0.25) is 0 Å². The van der Waals surface area contributed by atoms with Crippen molar-refractivity contribution in [3.05, 3.63) is 35.0 Å². The zero-order chi connectivity index (χ0) is 13.3. The zero-order valence-electron chi connectivity index (χ0n) is 11.2. The van der Waals surface area contributed by atoms with Crippen LogP contribution in [0.25, 0.3) is 10.9 Å². The maximum atomic E-state index is 6.34. The molecular weight excluding hydrogens is 246 g/mol. The Balaban J connectivity index is 2.72. The lowest BCUT2D eigenvalue weighted by atomic mass is 9.91. The van der Waals surface area contributed by atoms with Crippen LogP contribution in [0.15, 0.2) is 24.3 Å². The summed E-state index contributed by atoms with van der Waals surface area (Å²) in [5.74, 6) is 0.794. The summed E-state index contributed by atoms with van der Waals surface area (Å²) in [5.41, 5.74) is 1.79. The van der Waals surface area contributed by atoms with Gasteiger partial charge in [-0.2, -0.15) is 0 Å². The van der Waals surface area contributed by atoms with Gasteiger partial charge in [-0.25, -0.2) is 4.98 Å². The highest BCUT2D eigenvalue weighted by molar-refractivity contribution is 6.35. The van der Waals surface area contributed by atoms with Crippen molar-refractivity contribution in [1.82, 2.24) is 4.98 Å². The third kappa shape index (κ3) is 2.44. The van der Waals surface area contributed by atoms with Crippen molar-refractivity contribution in [1.29, 1.82) is 0 Å². The number of rotatable bonds is 2. The van der Waals surface area contributed by atoms with E-state index in [1.165, 1.54) is 0 Å². The summed E-state index contributed by atoms with van der Waals surface area (Å²) in [4.78, 5) is 4.72. The summed E-state index contributed by atoms with van der Waals surface area (Å²) < 4.78 is 5.62. The molecule has 0 radical (unpaired) electrons. The zero-order valence-corrected chi connectivity index (χ0v) is 12.0. The number of hydrogen-bond acceptors (Lipinski definition) is 2. The minimum atomic E-state index is -0.0306. The molecule has 0 saturated carbocycles. The topological polar surface area (TPSA) is 22.1 Å². The van der Waals surface area contributed by atoms with Crippen LogP contribution in [0.4, 0.5) is 0 Å². The largest absolute Gasteiger partial charge is 0.492 e. The Labute approximate surface area is 113 Å². The fourth-order valence-corrected chi connectivity index (χ4v) is 2.09. The predicted octanol–water partition coefficient (Wildman–Crippen LogP) is 4.58. The van der Waals surface area contributed by atoms with Gasteiger partial charge in [0.25, 0.3) is 0 Å². The second-order valence-corrected chi connectivity index (χ2v) is 5.73. The molecule has 0 aliphatic carbocycles. The van der Waals surface area contributed by atoms with Crippen molar-refractivity contribution < 1.29 is 4.74 Å². The monoisotopic (exact) mass is 263 g/mol. The molecule has 0 N–H and O–H groups in total. The van der Waals surface area contributed by atoms with Gasteiger partial charge in [-0.15, -0.1) is 0 Å². The molecule has 0 atom stereocenters. The van der Waals surface area contributed by atoms with Crippen LogP contribution >= 0.6 is 11.6 Å². The van der Waals surface area contributed by atoms with Gasteiger partial charge in [0, 0.05) is 16.5 Å². The molecule has 0 aliphatic rings. The summed E-state index contributed by atoms with van der Waals surface area (Å²) >= 11 is 6.34. The molecule has 0 unspecified atom stereocenters. The molecule has 0 bridgehead atoms. The van der Waals surface area contributed by atoms with Crippen LogP contribution in [-0.2, 0) is 5.41 Å². The van der Waals surface area contributed by atoms with Gasteiger partial charge in [-0.1, -0.05) is 44.5 Å².